The molecule has 0 saturated heterocycles. The van der Waals surface area contributed by atoms with E-state index in [2.05, 4.69) is 18.6 Å². The Balaban J connectivity index is 1.33. The summed E-state index contributed by atoms with van der Waals surface area (Å²) in [7, 11) is 0. The summed E-state index contributed by atoms with van der Waals surface area (Å²) in [6, 6.07) is 18.7. The monoisotopic (exact) mass is 746 g/mol. The Bertz CT molecular complexity index is 1490. The summed E-state index contributed by atoms with van der Waals surface area (Å²) < 4.78 is 124. The van der Waals surface area contributed by atoms with Crippen LogP contribution in [0.4, 0.5) is 35.1 Å². The number of unbranched alkanes of at least 4 members (excludes halogenated alkanes) is 7. The molecule has 0 N–H and O–H groups in total. The molecule has 0 aliphatic rings. The zero-order chi connectivity index (χ0) is 38.2. The summed E-state index contributed by atoms with van der Waals surface area (Å²) in [5.41, 5.74) is 2.99. The number of carbonyl (C=O) groups excluding carboxylic acids is 1. The lowest BCUT2D eigenvalue weighted by molar-refractivity contribution is -0.361. The molecule has 0 radical (unpaired) electrons. The molecule has 0 amide bonds. The fourth-order valence-corrected chi connectivity index (χ4v) is 5.12. The number of esters is 1. The number of benzene rings is 3. The first-order valence-corrected chi connectivity index (χ1v) is 17.5. The molecule has 3 rings (SSSR count). The molecule has 52 heavy (non-hydrogen) atoms. The minimum Gasteiger partial charge on any atom is -0.491 e. The third-order valence-corrected chi connectivity index (χ3v) is 8.31. The van der Waals surface area contributed by atoms with Gasteiger partial charge >= 0.3 is 24.0 Å². The second-order valence-corrected chi connectivity index (χ2v) is 12.7. The Hall–Kier alpha value is -3.71. The van der Waals surface area contributed by atoms with Gasteiger partial charge < -0.3 is 18.9 Å². The molecular weight excluding hydrogens is 700 g/mol. The van der Waals surface area contributed by atoms with Crippen LogP contribution in [0.1, 0.15) is 94.0 Å². The van der Waals surface area contributed by atoms with E-state index in [4.69, 9.17) is 14.2 Å². The van der Waals surface area contributed by atoms with Crippen molar-refractivity contribution in [3.8, 4) is 22.6 Å². The second-order valence-electron chi connectivity index (χ2n) is 12.7. The number of carbonyl (C=O) groups is 1. The van der Waals surface area contributed by atoms with Gasteiger partial charge in [-0.2, -0.15) is 30.7 Å². The van der Waals surface area contributed by atoms with E-state index in [0.717, 1.165) is 29.2 Å². The molecule has 0 fully saturated rings. The van der Waals surface area contributed by atoms with Gasteiger partial charge in [0.1, 0.15) is 12.4 Å². The van der Waals surface area contributed by atoms with Gasteiger partial charge in [-0.25, -0.2) is 9.18 Å². The minimum absolute atomic E-state index is 0.0101. The van der Waals surface area contributed by atoms with Crippen LogP contribution >= 0.6 is 0 Å². The fourth-order valence-electron chi connectivity index (χ4n) is 5.12. The average molecular weight is 747 g/mol. The number of alkyl halides is 7. The van der Waals surface area contributed by atoms with Crippen LogP contribution in [-0.4, -0.2) is 49.9 Å². The third kappa shape index (κ3) is 13.4. The molecule has 1 atom stereocenters. The van der Waals surface area contributed by atoms with Crippen molar-refractivity contribution < 1.29 is 58.9 Å². The lowest BCUT2D eigenvalue weighted by Gasteiger charge is -2.27. The third-order valence-electron chi connectivity index (χ3n) is 8.31. The van der Waals surface area contributed by atoms with Crippen LogP contribution in [0.15, 0.2) is 66.7 Å². The van der Waals surface area contributed by atoms with Gasteiger partial charge in [-0.1, -0.05) is 88.3 Å². The van der Waals surface area contributed by atoms with Gasteiger partial charge in [0.2, 0.25) is 0 Å². The van der Waals surface area contributed by atoms with E-state index in [9.17, 15) is 39.9 Å². The summed E-state index contributed by atoms with van der Waals surface area (Å²) in [6.45, 7) is 2.53. The highest BCUT2D eigenvalue weighted by Gasteiger charge is 2.72. The molecule has 0 aliphatic heterocycles. The van der Waals surface area contributed by atoms with E-state index in [1.807, 2.05) is 36.4 Å². The van der Waals surface area contributed by atoms with Crippen molar-refractivity contribution in [1.82, 2.24) is 0 Å². The van der Waals surface area contributed by atoms with Crippen LogP contribution in [0.2, 0.25) is 0 Å². The van der Waals surface area contributed by atoms with Crippen molar-refractivity contribution in [2.45, 2.75) is 109 Å². The first-order chi connectivity index (χ1) is 24.6. The standard InChI is InChI=1S/C39H46F8O5/c1-3-4-5-9-12-28(2)51-26-29-13-15-30(16-14-29)31-17-20-33(21-18-31)52-36(48)32-19-22-35(34(40)25-32)50-24-11-8-6-7-10-23-49-27-37(41,42)38(43,44)39(45,46)47/h13-22,25,28H,3-12,23-24,26-27H2,1-2H3/t28-/m0/s1. The highest BCUT2D eigenvalue weighted by Crippen LogP contribution is 2.46. The highest BCUT2D eigenvalue weighted by atomic mass is 19.4. The Kier molecular flexibility index (Phi) is 16.8. The number of hydrogen-bond donors (Lipinski definition) is 0. The average Bonchev–Trinajstić information content (AvgIpc) is 3.10. The van der Waals surface area contributed by atoms with Gasteiger partial charge in [-0.15, -0.1) is 0 Å². The van der Waals surface area contributed by atoms with Gasteiger partial charge in [0.25, 0.3) is 0 Å². The molecule has 0 saturated carbocycles. The summed E-state index contributed by atoms with van der Waals surface area (Å²) in [5, 5.41) is 0. The van der Waals surface area contributed by atoms with Gasteiger partial charge in [-0.05, 0) is 73.2 Å². The first kappa shape index (κ1) is 42.7. The summed E-state index contributed by atoms with van der Waals surface area (Å²) >= 11 is 0. The Morgan fingerprint density at radius 1 is 0.731 bits per heavy atom. The van der Waals surface area contributed by atoms with Crippen molar-refractivity contribution in [3.63, 3.8) is 0 Å². The maximum Gasteiger partial charge on any atom is 0.459 e. The van der Waals surface area contributed by atoms with Crippen LogP contribution in [0.25, 0.3) is 11.1 Å². The van der Waals surface area contributed by atoms with Gasteiger partial charge in [0.05, 0.1) is 24.9 Å². The second kappa shape index (κ2) is 20.5. The predicted molar refractivity (Wildman–Crippen MR) is 182 cm³/mol. The summed E-state index contributed by atoms with van der Waals surface area (Å²) in [5.74, 6) is -12.8. The van der Waals surface area contributed by atoms with Crippen molar-refractivity contribution in [2.24, 2.45) is 0 Å². The Labute approximate surface area is 299 Å². The SMILES string of the molecule is CCCCCC[C@H](C)OCc1ccc(-c2ccc(OC(=O)c3ccc(OCCCCCCCOCC(F)(F)C(F)(F)C(F)(F)F)c(F)c3)cc2)cc1. The van der Waals surface area contributed by atoms with E-state index in [-0.39, 0.29) is 30.4 Å². The lowest BCUT2D eigenvalue weighted by atomic mass is 10.0. The van der Waals surface area contributed by atoms with E-state index in [1.54, 1.807) is 12.1 Å². The molecule has 0 unspecified atom stereocenters. The largest absolute Gasteiger partial charge is 0.491 e. The molecule has 3 aromatic rings. The number of rotatable bonds is 23. The fraction of sp³-hybridized carbons (Fsp3) is 0.513. The molecule has 0 heterocycles. The van der Waals surface area contributed by atoms with Crippen LogP contribution in [0.5, 0.6) is 11.5 Å². The van der Waals surface area contributed by atoms with Crippen molar-refractivity contribution in [3.05, 3.63) is 83.7 Å². The van der Waals surface area contributed by atoms with Crippen LogP contribution in [0, 0.1) is 5.82 Å². The molecule has 0 spiro atoms. The van der Waals surface area contributed by atoms with Gasteiger partial charge in [-0.3, -0.25) is 0 Å². The maximum atomic E-state index is 14.6. The minimum atomic E-state index is -6.38. The molecular formula is C39H46F8O5. The van der Waals surface area contributed by atoms with E-state index in [1.165, 1.54) is 37.8 Å². The van der Waals surface area contributed by atoms with Crippen LogP contribution < -0.4 is 9.47 Å². The van der Waals surface area contributed by atoms with Crippen LogP contribution in [-0.2, 0) is 16.1 Å². The number of hydrogen-bond acceptors (Lipinski definition) is 5. The Morgan fingerprint density at radius 3 is 1.94 bits per heavy atom. The zero-order valence-corrected chi connectivity index (χ0v) is 29.4. The van der Waals surface area contributed by atoms with Crippen molar-refractivity contribution in [2.75, 3.05) is 19.8 Å². The number of halogens is 8. The quantitative estimate of drug-likeness (QED) is 0.0419. The van der Waals surface area contributed by atoms with E-state index in [0.29, 0.717) is 38.0 Å². The molecule has 5 nitrogen and oxygen atoms in total. The summed E-state index contributed by atoms with van der Waals surface area (Å²) in [4.78, 5) is 12.7. The predicted octanol–water partition coefficient (Wildman–Crippen LogP) is 11.8. The van der Waals surface area contributed by atoms with Gasteiger partial charge in [0, 0.05) is 6.61 Å². The highest BCUT2D eigenvalue weighted by molar-refractivity contribution is 5.91. The zero-order valence-electron chi connectivity index (χ0n) is 29.4. The molecule has 0 aliphatic carbocycles. The van der Waals surface area contributed by atoms with Crippen molar-refractivity contribution in [1.29, 1.82) is 0 Å². The van der Waals surface area contributed by atoms with Crippen LogP contribution in [0.3, 0.4) is 0 Å². The van der Waals surface area contributed by atoms with Crippen molar-refractivity contribution >= 4 is 5.97 Å². The summed E-state index contributed by atoms with van der Waals surface area (Å²) in [6.07, 6.45) is 2.01. The van der Waals surface area contributed by atoms with E-state index < -0.39 is 43.0 Å². The first-order valence-electron chi connectivity index (χ1n) is 17.5. The molecule has 3 aromatic carbocycles. The normalized spacial score (nSPS) is 12.9. The molecule has 0 bridgehead atoms. The number of ether oxygens (including phenoxy) is 4. The maximum absolute atomic E-state index is 14.6. The lowest BCUT2D eigenvalue weighted by Crippen LogP contribution is -2.54. The molecule has 288 valence electrons. The van der Waals surface area contributed by atoms with E-state index >= 15 is 0 Å². The topological polar surface area (TPSA) is 54.0 Å². The smallest absolute Gasteiger partial charge is 0.459 e. The Morgan fingerprint density at radius 2 is 1.33 bits per heavy atom. The molecule has 0 aromatic heterocycles. The van der Waals surface area contributed by atoms with Gasteiger partial charge in [0.15, 0.2) is 11.6 Å². The molecule has 13 heteroatoms.